The average Bonchev–Trinajstić information content (AvgIpc) is 2.91. The zero-order chi connectivity index (χ0) is 14.4. The van der Waals surface area contributed by atoms with Crippen LogP contribution in [0.4, 0.5) is 0 Å². The molecule has 2 rings (SSSR count). The Morgan fingerprint density at radius 3 is 2.16 bits per heavy atom. The summed E-state index contributed by atoms with van der Waals surface area (Å²) in [5.41, 5.74) is 0.748. The van der Waals surface area contributed by atoms with Crippen LogP contribution in [0.5, 0.6) is 0 Å². The van der Waals surface area contributed by atoms with E-state index >= 15 is 0 Å². The molecule has 1 saturated carbocycles. The lowest BCUT2D eigenvalue weighted by molar-refractivity contribution is -0.139. The summed E-state index contributed by atoms with van der Waals surface area (Å²) in [6.07, 6.45) is 3.60. The largest absolute Gasteiger partial charge is 0.481 e. The number of carboxylic acid groups (broad SMARTS) is 1. The van der Waals surface area contributed by atoms with Crippen LogP contribution in [0.25, 0.3) is 0 Å². The molecule has 0 amide bonds. The minimum atomic E-state index is -0.727. The molecule has 1 fully saturated rings. The lowest BCUT2D eigenvalue weighted by Crippen LogP contribution is -2.07. The Balaban J connectivity index is 2.19. The molecule has 0 bridgehead atoms. The zero-order valence-electron chi connectivity index (χ0n) is 12.2. The summed E-state index contributed by atoms with van der Waals surface area (Å²) in [7, 11) is 0. The van der Waals surface area contributed by atoms with Crippen LogP contribution < -0.4 is 0 Å². The van der Waals surface area contributed by atoms with E-state index in [2.05, 4.69) is 30.7 Å². The highest BCUT2D eigenvalue weighted by molar-refractivity contribution is 5.77. The van der Waals surface area contributed by atoms with Gasteiger partial charge < -0.3 is 5.11 Å². The molecule has 0 aromatic carbocycles. The van der Waals surface area contributed by atoms with E-state index in [1.165, 1.54) is 0 Å². The first-order valence-corrected chi connectivity index (χ1v) is 6.81. The van der Waals surface area contributed by atoms with Gasteiger partial charge in [-0.2, -0.15) is 0 Å². The van der Waals surface area contributed by atoms with Crippen LogP contribution in [0, 0.1) is 17.3 Å². The Bertz CT molecular complexity index is 479. The first kappa shape index (κ1) is 14.0. The molecule has 1 aliphatic rings. The van der Waals surface area contributed by atoms with E-state index in [1.807, 2.05) is 13.8 Å². The van der Waals surface area contributed by atoms with Crippen molar-refractivity contribution in [1.29, 1.82) is 0 Å². The van der Waals surface area contributed by atoms with E-state index < -0.39 is 5.97 Å². The highest BCUT2D eigenvalue weighted by Crippen LogP contribution is 2.64. The Labute approximate surface area is 114 Å². The van der Waals surface area contributed by atoms with Gasteiger partial charge in [-0.05, 0) is 16.9 Å². The summed E-state index contributed by atoms with van der Waals surface area (Å²) in [6.45, 7) is 10.4. The first-order valence-electron chi connectivity index (χ1n) is 6.81. The molecule has 4 heteroatoms. The molecule has 0 aliphatic heterocycles. The second-order valence-corrected chi connectivity index (χ2v) is 6.52. The van der Waals surface area contributed by atoms with Gasteiger partial charge in [0.15, 0.2) is 0 Å². The number of hydrogen-bond acceptors (Lipinski definition) is 3. The van der Waals surface area contributed by atoms with Crippen molar-refractivity contribution in [3.63, 3.8) is 0 Å². The fraction of sp³-hybridized carbons (Fsp3) is 0.667. The molecule has 1 aromatic rings. The highest BCUT2D eigenvalue weighted by Gasteiger charge is 2.62. The Hall–Kier alpha value is -1.45. The van der Waals surface area contributed by atoms with E-state index in [0.717, 1.165) is 11.4 Å². The normalized spacial score (nSPS) is 26.2. The fourth-order valence-corrected chi connectivity index (χ4v) is 2.76. The van der Waals surface area contributed by atoms with Gasteiger partial charge in [-0.15, -0.1) is 0 Å². The molecule has 4 nitrogen and oxygen atoms in total. The standard InChI is InChI=1S/C15H22N2O2/c1-8(2)9(3)13-16-6-10(7-17-13)11-12(14(18)19)15(11,4)5/h6-9,11-12H,1-5H3,(H,18,19). The average molecular weight is 262 g/mol. The second-order valence-electron chi connectivity index (χ2n) is 6.52. The van der Waals surface area contributed by atoms with Crippen molar-refractivity contribution in [2.24, 2.45) is 17.3 Å². The highest BCUT2D eigenvalue weighted by atomic mass is 16.4. The van der Waals surface area contributed by atoms with Crippen molar-refractivity contribution in [2.75, 3.05) is 0 Å². The number of carboxylic acids is 1. The summed E-state index contributed by atoms with van der Waals surface area (Å²) in [5, 5.41) is 9.20. The molecule has 1 aliphatic carbocycles. The smallest absolute Gasteiger partial charge is 0.307 e. The zero-order valence-corrected chi connectivity index (χ0v) is 12.2. The molecular formula is C15H22N2O2. The molecule has 3 unspecified atom stereocenters. The third kappa shape index (κ3) is 2.36. The summed E-state index contributed by atoms with van der Waals surface area (Å²) in [5.74, 6) is 0.642. The van der Waals surface area contributed by atoms with Crippen molar-refractivity contribution in [3.8, 4) is 0 Å². The molecule has 0 spiro atoms. The van der Waals surface area contributed by atoms with Gasteiger partial charge in [-0.25, -0.2) is 9.97 Å². The lowest BCUT2D eigenvalue weighted by atomic mass is 9.97. The van der Waals surface area contributed by atoms with E-state index in [4.69, 9.17) is 0 Å². The van der Waals surface area contributed by atoms with E-state index in [0.29, 0.717) is 11.8 Å². The number of aliphatic carboxylic acids is 1. The molecule has 1 N–H and O–H groups in total. The molecule has 1 aromatic heterocycles. The first-order chi connectivity index (χ1) is 8.76. The fourth-order valence-electron chi connectivity index (χ4n) is 2.76. The summed E-state index contributed by atoms with van der Waals surface area (Å²) in [6, 6.07) is 0. The van der Waals surface area contributed by atoms with Crippen LogP contribution in [-0.2, 0) is 4.79 Å². The quantitative estimate of drug-likeness (QED) is 0.905. The van der Waals surface area contributed by atoms with Gasteiger partial charge in [0.25, 0.3) is 0 Å². The van der Waals surface area contributed by atoms with Crippen molar-refractivity contribution >= 4 is 5.97 Å². The van der Waals surface area contributed by atoms with Crippen molar-refractivity contribution in [3.05, 3.63) is 23.8 Å². The monoisotopic (exact) mass is 262 g/mol. The number of aromatic nitrogens is 2. The van der Waals surface area contributed by atoms with E-state index in [9.17, 15) is 9.90 Å². The Morgan fingerprint density at radius 2 is 1.79 bits per heavy atom. The van der Waals surface area contributed by atoms with E-state index in [1.54, 1.807) is 12.4 Å². The third-order valence-corrected chi connectivity index (χ3v) is 4.55. The Morgan fingerprint density at radius 1 is 1.26 bits per heavy atom. The van der Waals surface area contributed by atoms with Crippen LogP contribution in [0.2, 0.25) is 0 Å². The number of hydrogen-bond donors (Lipinski definition) is 1. The van der Waals surface area contributed by atoms with Crippen molar-refractivity contribution in [1.82, 2.24) is 9.97 Å². The van der Waals surface area contributed by atoms with Crippen LogP contribution in [0.15, 0.2) is 12.4 Å². The molecule has 3 atom stereocenters. The van der Waals surface area contributed by atoms with Crippen LogP contribution in [0.3, 0.4) is 0 Å². The van der Waals surface area contributed by atoms with Gasteiger partial charge in [0.2, 0.25) is 0 Å². The predicted octanol–water partition coefficient (Wildman–Crippen LogP) is 3.06. The summed E-state index contributed by atoms with van der Waals surface area (Å²) in [4.78, 5) is 20.0. The maximum absolute atomic E-state index is 11.2. The molecule has 1 heterocycles. The summed E-state index contributed by atoms with van der Waals surface area (Å²) >= 11 is 0. The number of nitrogens with zero attached hydrogens (tertiary/aromatic N) is 2. The van der Waals surface area contributed by atoms with Crippen molar-refractivity contribution < 1.29 is 9.90 Å². The molecule has 19 heavy (non-hydrogen) atoms. The van der Waals surface area contributed by atoms with Gasteiger partial charge in [-0.1, -0.05) is 34.6 Å². The second kappa shape index (κ2) is 4.58. The third-order valence-electron chi connectivity index (χ3n) is 4.55. The van der Waals surface area contributed by atoms with Gasteiger partial charge in [-0.3, -0.25) is 4.79 Å². The minimum absolute atomic E-state index is 0.0356. The van der Waals surface area contributed by atoms with Gasteiger partial charge in [0.05, 0.1) is 5.92 Å². The van der Waals surface area contributed by atoms with Crippen LogP contribution in [-0.4, -0.2) is 21.0 Å². The SMILES string of the molecule is CC(C)C(C)c1ncc(C2C(C(=O)O)C2(C)C)cn1. The molecular weight excluding hydrogens is 240 g/mol. The maximum atomic E-state index is 11.2. The van der Waals surface area contributed by atoms with Gasteiger partial charge >= 0.3 is 5.97 Å². The van der Waals surface area contributed by atoms with Gasteiger partial charge in [0, 0.05) is 24.2 Å². The Kier molecular flexibility index (Phi) is 3.37. The van der Waals surface area contributed by atoms with Crippen LogP contribution >= 0.6 is 0 Å². The minimum Gasteiger partial charge on any atom is -0.481 e. The summed E-state index contributed by atoms with van der Waals surface area (Å²) < 4.78 is 0. The lowest BCUT2D eigenvalue weighted by Gasteiger charge is -2.14. The topological polar surface area (TPSA) is 63.1 Å². The predicted molar refractivity (Wildman–Crippen MR) is 72.9 cm³/mol. The molecule has 0 radical (unpaired) electrons. The number of carbonyl (C=O) groups is 1. The number of rotatable bonds is 4. The molecule has 104 valence electrons. The molecule has 0 saturated heterocycles. The van der Waals surface area contributed by atoms with Crippen molar-refractivity contribution in [2.45, 2.75) is 46.5 Å². The van der Waals surface area contributed by atoms with E-state index in [-0.39, 0.29) is 17.3 Å². The maximum Gasteiger partial charge on any atom is 0.307 e. The van der Waals surface area contributed by atoms with Crippen LogP contribution in [0.1, 0.15) is 57.8 Å². The van der Waals surface area contributed by atoms with Gasteiger partial charge in [0.1, 0.15) is 5.82 Å².